The molecule has 0 unspecified atom stereocenters. The summed E-state index contributed by atoms with van der Waals surface area (Å²) in [5.74, 6) is 1.46. The normalized spacial score (nSPS) is 15.5. The highest BCUT2D eigenvalue weighted by molar-refractivity contribution is 14.1. The van der Waals surface area contributed by atoms with Gasteiger partial charge in [0.05, 0.1) is 17.1 Å². The standard InChI is InChI=1S/C16H18IN3O/c1-8(11-4-5-11)19-14-7-12(6-13(17)16(14)18)15-9(2)20-21-10(15)3/h6-7,11H,4-5,18H2,1-3H3. The summed E-state index contributed by atoms with van der Waals surface area (Å²) in [6, 6.07) is 4.10. The number of hydrogen-bond donors (Lipinski definition) is 1. The maximum atomic E-state index is 6.20. The molecule has 2 aromatic rings. The van der Waals surface area contributed by atoms with Gasteiger partial charge in [-0.25, -0.2) is 0 Å². The summed E-state index contributed by atoms with van der Waals surface area (Å²) < 4.78 is 6.28. The van der Waals surface area contributed by atoms with Crippen molar-refractivity contribution in [3.8, 4) is 11.1 Å². The van der Waals surface area contributed by atoms with Crippen LogP contribution in [-0.4, -0.2) is 10.9 Å². The van der Waals surface area contributed by atoms with E-state index in [9.17, 15) is 0 Å². The van der Waals surface area contributed by atoms with Gasteiger partial charge in [0.15, 0.2) is 0 Å². The second-order valence-corrected chi connectivity index (χ2v) is 6.78. The van der Waals surface area contributed by atoms with E-state index in [0.717, 1.165) is 37.5 Å². The zero-order valence-corrected chi connectivity index (χ0v) is 14.6. The molecule has 2 N–H and O–H groups in total. The first-order valence-corrected chi connectivity index (χ1v) is 8.12. The Labute approximate surface area is 137 Å². The van der Waals surface area contributed by atoms with Gasteiger partial charge in [-0.2, -0.15) is 0 Å². The summed E-state index contributed by atoms with van der Waals surface area (Å²) in [6.07, 6.45) is 2.49. The number of nitrogens with two attached hydrogens (primary N) is 1. The number of hydrogen-bond acceptors (Lipinski definition) is 4. The van der Waals surface area contributed by atoms with Gasteiger partial charge in [0.2, 0.25) is 0 Å². The van der Waals surface area contributed by atoms with Crippen molar-refractivity contribution in [3.05, 3.63) is 27.2 Å². The van der Waals surface area contributed by atoms with Gasteiger partial charge in [0.1, 0.15) is 5.76 Å². The van der Waals surface area contributed by atoms with E-state index in [1.165, 1.54) is 18.6 Å². The van der Waals surface area contributed by atoms with Crippen LogP contribution in [0.3, 0.4) is 0 Å². The van der Waals surface area contributed by atoms with Gasteiger partial charge in [-0.3, -0.25) is 4.99 Å². The average molecular weight is 395 g/mol. The Bertz CT molecular complexity index is 710. The minimum Gasteiger partial charge on any atom is -0.396 e. The molecule has 0 saturated heterocycles. The third kappa shape index (κ3) is 2.84. The van der Waals surface area contributed by atoms with E-state index in [4.69, 9.17) is 15.2 Å². The molecular formula is C16H18IN3O. The number of benzene rings is 1. The van der Waals surface area contributed by atoms with Crippen molar-refractivity contribution in [2.45, 2.75) is 33.6 Å². The van der Waals surface area contributed by atoms with Crippen molar-refractivity contribution in [1.29, 1.82) is 0 Å². The first-order chi connectivity index (χ1) is 9.97. The first kappa shape index (κ1) is 14.6. The van der Waals surface area contributed by atoms with Gasteiger partial charge in [-0.1, -0.05) is 5.16 Å². The highest BCUT2D eigenvalue weighted by Crippen LogP contribution is 2.38. The lowest BCUT2D eigenvalue weighted by atomic mass is 10.0. The molecule has 5 heteroatoms. The minimum atomic E-state index is 0.643. The van der Waals surface area contributed by atoms with Crippen LogP contribution < -0.4 is 5.73 Å². The Hall–Kier alpha value is -1.37. The van der Waals surface area contributed by atoms with Gasteiger partial charge in [0, 0.05) is 14.8 Å². The maximum Gasteiger partial charge on any atom is 0.141 e. The summed E-state index contributed by atoms with van der Waals surface area (Å²) in [4.78, 5) is 4.75. The molecule has 0 amide bonds. The Morgan fingerprint density at radius 3 is 2.67 bits per heavy atom. The van der Waals surface area contributed by atoms with Crippen molar-refractivity contribution in [2.75, 3.05) is 5.73 Å². The summed E-state index contributed by atoms with van der Waals surface area (Å²) in [6.45, 7) is 5.97. The SMILES string of the molecule is CC(=Nc1cc(-c2c(C)noc2C)cc(I)c1N)C1CC1. The molecule has 0 aliphatic heterocycles. The Morgan fingerprint density at radius 1 is 1.38 bits per heavy atom. The van der Waals surface area contributed by atoms with Gasteiger partial charge >= 0.3 is 0 Å². The fraction of sp³-hybridized carbons (Fsp3) is 0.375. The second kappa shape index (κ2) is 5.44. The maximum absolute atomic E-state index is 6.20. The van der Waals surface area contributed by atoms with Crippen LogP contribution in [0.1, 0.15) is 31.2 Å². The van der Waals surface area contributed by atoms with E-state index < -0.39 is 0 Å². The molecule has 1 aliphatic rings. The van der Waals surface area contributed by atoms with Crippen LogP contribution in [0.15, 0.2) is 21.6 Å². The molecule has 3 rings (SSSR count). The Kier molecular flexibility index (Phi) is 3.77. The second-order valence-electron chi connectivity index (χ2n) is 5.62. The van der Waals surface area contributed by atoms with Crippen LogP contribution in [0.4, 0.5) is 11.4 Å². The van der Waals surface area contributed by atoms with Crippen molar-refractivity contribution in [2.24, 2.45) is 10.9 Å². The number of aryl methyl sites for hydroxylation is 2. The number of nitrogens with zero attached hydrogens (tertiary/aromatic N) is 2. The largest absolute Gasteiger partial charge is 0.396 e. The molecule has 1 saturated carbocycles. The van der Waals surface area contributed by atoms with Crippen molar-refractivity contribution >= 4 is 39.7 Å². The molecule has 1 aromatic carbocycles. The molecule has 21 heavy (non-hydrogen) atoms. The van der Waals surface area contributed by atoms with Gasteiger partial charge in [-0.15, -0.1) is 0 Å². The number of anilines is 1. The highest BCUT2D eigenvalue weighted by atomic mass is 127. The van der Waals surface area contributed by atoms with Crippen LogP contribution in [0.2, 0.25) is 0 Å². The fourth-order valence-corrected chi connectivity index (χ4v) is 3.13. The van der Waals surface area contributed by atoms with E-state index >= 15 is 0 Å². The highest BCUT2D eigenvalue weighted by Gasteiger charge is 2.24. The Morgan fingerprint density at radius 2 is 2.10 bits per heavy atom. The fourth-order valence-electron chi connectivity index (χ4n) is 2.52. The minimum absolute atomic E-state index is 0.643. The molecule has 4 nitrogen and oxygen atoms in total. The monoisotopic (exact) mass is 395 g/mol. The van der Waals surface area contributed by atoms with Crippen molar-refractivity contribution in [3.63, 3.8) is 0 Å². The number of halogens is 1. The topological polar surface area (TPSA) is 64.4 Å². The first-order valence-electron chi connectivity index (χ1n) is 7.05. The number of nitrogen functional groups attached to an aromatic ring is 1. The van der Waals surface area contributed by atoms with E-state index in [1.54, 1.807) is 0 Å². The molecule has 0 bridgehead atoms. The molecule has 1 aliphatic carbocycles. The quantitative estimate of drug-likeness (QED) is 0.468. The molecule has 0 spiro atoms. The number of aliphatic imine (C=N–C) groups is 1. The molecule has 110 valence electrons. The van der Waals surface area contributed by atoms with Crippen molar-refractivity contribution in [1.82, 2.24) is 5.16 Å². The van der Waals surface area contributed by atoms with Crippen LogP contribution >= 0.6 is 22.6 Å². The van der Waals surface area contributed by atoms with Gasteiger partial charge in [-0.05, 0) is 79.8 Å². The van der Waals surface area contributed by atoms with E-state index in [2.05, 4.69) is 40.7 Å². The molecular weight excluding hydrogens is 377 g/mol. The summed E-state index contributed by atoms with van der Waals surface area (Å²) >= 11 is 2.26. The summed E-state index contributed by atoms with van der Waals surface area (Å²) in [7, 11) is 0. The molecule has 0 radical (unpaired) electrons. The lowest BCUT2D eigenvalue weighted by Crippen LogP contribution is -1.96. The number of aromatic nitrogens is 1. The van der Waals surface area contributed by atoms with Crippen molar-refractivity contribution < 1.29 is 4.52 Å². The van der Waals surface area contributed by atoms with E-state index in [0.29, 0.717) is 5.92 Å². The molecule has 1 fully saturated rings. The number of rotatable bonds is 3. The Balaban J connectivity index is 2.11. The zero-order valence-electron chi connectivity index (χ0n) is 12.4. The average Bonchev–Trinajstić information content (AvgIpc) is 3.22. The van der Waals surface area contributed by atoms with Crippen LogP contribution in [0.25, 0.3) is 11.1 Å². The van der Waals surface area contributed by atoms with Crippen LogP contribution in [0, 0.1) is 23.3 Å². The molecule has 0 atom stereocenters. The lowest BCUT2D eigenvalue weighted by Gasteiger charge is -2.09. The third-order valence-electron chi connectivity index (χ3n) is 3.89. The van der Waals surface area contributed by atoms with Crippen LogP contribution in [0.5, 0.6) is 0 Å². The molecule has 1 heterocycles. The zero-order chi connectivity index (χ0) is 15.1. The molecule has 1 aromatic heterocycles. The lowest BCUT2D eigenvalue weighted by molar-refractivity contribution is 0.393. The summed E-state index contributed by atoms with van der Waals surface area (Å²) in [5, 5.41) is 4.03. The van der Waals surface area contributed by atoms with Gasteiger partial charge < -0.3 is 10.3 Å². The predicted octanol–water partition coefficient (Wildman–Crippen LogP) is 4.65. The van der Waals surface area contributed by atoms with Gasteiger partial charge in [0.25, 0.3) is 0 Å². The third-order valence-corrected chi connectivity index (χ3v) is 4.79. The summed E-state index contributed by atoms with van der Waals surface area (Å²) in [5.41, 5.74) is 11.9. The smallest absolute Gasteiger partial charge is 0.141 e. The van der Waals surface area contributed by atoms with E-state index in [1.807, 2.05) is 19.9 Å². The van der Waals surface area contributed by atoms with E-state index in [-0.39, 0.29) is 0 Å². The van der Waals surface area contributed by atoms with Crippen LogP contribution in [-0.2, 0) is 0 Å². The predicted molar refractivity (Wildman–Crippen MR) is 94.0 cm³/mol.